The lowest BCUT2D eigenvalue weighted by Crippen LogP contribution is -2.25. The maximum atomic E-state index is 11.4. The molecule has 0 saturated carbocycles. The van der Waals surface area contributed by atoms with Crippen molar-refractivity contribution in [2.75, 3.05) is 12.3 Å². The van der Waals surface area contributed by atoms with Crippen LogP contribution in [0.25, 0.3) is 11.5 Å². The number of aromatic nitrogens is 2. The largest absolute Gasteiger partial charge is 0.411 e. The van der Waals surface area contributed by atoms with Gasteiger partial charge in [0, 0.05) is 10.0 Å². The van der Waals surface area contributed by atoms with Crippen LogP contribution in [0.4, 0.5) is 0 Å². The normalized spacial score (nSPS) is 10.0. The fourth-order valence-electron chi connectivity index (χ4n) is 1.31. The highest BCUT2D eigenvalue weighted by Crippen LogP contribution is 2.24. The first-order chi connectivity index (χ1) is 9.69. The van der Waals surface area contributed by atoms with Crippen molar-refractivity contribution in [1.29, 1.82) is 0 Å². The Balaban J connectivity index is 1.94. The van der Waals surface area contributed by atoms with E-state index >= 15 is 0 Å². The molecule has 0 aliphatic heterocycles. The van der Waals surface area contributed by atoms with Crippen LogP contribution in [0.3, 0.4) is 0 Å². The Morgan fingerprint density at radius 1 is 1.40 bits per heavy atom. The predicted molar refractivity (Wildman–Crippen MR) is 80.0 cm³/mol. The molecule has 0 unspecified atom stereocenters. The summed E-state index contributed by atoms with van der Waals surface area (Å²) >= 11 is 4.52. The minimum atomic E-state index is -0.170. The van der Waals surface area contributed by atoms with Gasteiger partial charge in [0.2, 0.25) is 11.8 Å². The van der Waals surface area contributed by atoms with Gasteiger partial charge in [-0.15, -0.1) is 16.6 Å². The van der Waals surface area contributed by atoms with E-state index in [1.165, 1.54) is 11.8 Å². The minimum absolute atomic E-state index is 0.170. The molecule has 1 amide bonds. The molecule has 0 spiro atoms. The topological polar surface area (TPSA) is 68.0 Å². The number of benzene rings is 1. The average Bonchev–Trinajstić information content (AvgIpc) is 2.92. The van der Waals surface area contributed by atoms with Crippen molar-refractivity contribution in [1.82, 2.24) is 15.5 Å². The molecule has 7 heteroatoms. The monoisotopic (exact) mass is 351 g/mol. The van der Waals surface area contributed by atoms with E-state index in [0.29, 0.717) is 11.1 Å². The molecule has 0 radical (unpaired) electrons. The molecule has 0 aliphatic carbocycles. The molecule has 0 saturated heterocycles. The summed E-state index contributed by atoms with van der Waals surface area (Å²) in [6.45, 7) is 0.216. The summed E-state index contributed by atoms with van der Waals surface area (Å²) in [5.74, 6) is 2.77. The van der Waals surface area contributed by atoms with Crippen LogP contribution >= 0.6 is 27.7 Å². The maximum absolute atomic E-state index is 11.4. The first kappa shape index (κ1) is 14.6. The van der Waals surface area contributed by atoms with E-state index in [4.69, 9.17) is 10.8 Å². The van der Waals surface area contributed by atoms with Crippen molar-refractivity contribution in [2.24, 2.45) is 0 Å². The van der Waals surface area contributed by atoms with Crippen molar-refractivity contribution in [3.63, 3.8) is 0 Å². The molecule has 2 aromatic rings. The van der Waals surface area contributed by atoms with Gasteiger partial charge in [-0.25, -0.2) is 0 Å². The van der Waals surface area contributed by atoms with Gasteiger partial charge in [0.05, 0.1) is 12.3 Å². The highest BCUT2D eigenvalue weighted by molar-refractivity contribution is 9.10. The smallest absolute Gasteiger partial charge is 0.277 e. The second-order valence-corrected chi connectivity index (χ2v) is 5.49. The Hall–Kier alpha value is -1.78. The van der Waals surface area contributed by atoms with Gasteiger partial charge in [0.15, 0.2) is 0 Å². The van der Waals surface area contributed by atoms with E-state index in [1.54, 1.807) is 0 Å². The van der Waals surface area contributed by atoms with Gasteiger partial charge < -0.3 is 9.73 Å². The Morgan fingerprint density at radius 2 is 2.15 bits per heavy atom. The van der Waals surface area contributed by atoms with E-state index < -0.39 is 0 Å². The number of rotatable bonds is 5. The van der Waals surface area contributed by atoms with E-state index in [0.717, 1.165) is 10.0 Å². The number of halogens is 1. The molecular formula is C13H10BrN3O2S. The second kappa shape index (κ2) is 7.12. The van der Waals surface area contributed by atoms with Crippen molar-refractivity contribution in [2.45, 2.75) is 5.22 Å². The number of carbonyl (C=O) groups excluding carboxylic acids is 1. The Bertz CT molecular complexity index is 634. The van der Waals surface area contributed by atoms with Gasteiger partial charge >= 0.3 is 0 Å². The number of amides is 1. The average molecular weight is 352 g/mol. The fourth-order valence-corrected chi connectivity index (χ4v) is 2.16. The number of terminal acetylenes is 1. The van der Waals surface area contributed by atoms with Crippen LogP contribution in [-0.4, -0.2) is 28.4 Å². The first-order valence-electron chi connectivity index (χ1n) is 5.61. The summed E-state index contributed by atoms with van der Waals surface area (Å²) in [4.78, 5) is 11.4. The summed E-state index contributed by atoms with van der Waals surface area (Å²) in [6.07, 6.45) is 5.05. The highest BCUT2D eigenvalue weighted by atomic mass is 79.9. The maximum Gasteiger partial charge on any atom is 0.277 e. The number of hydrogen-bond acceptors (Lipinski definition) is 5. The van der Waals surface area contributed by atoms with Gasteiger partial charge in [0.25, 0.3) is 5.22 Å². The number of nitrogens with one attached hydrogen (secondary N) is 1. The minimum Gasteiger partial charge on any atom is -0.411 e. The Morgan fingerprint density at radius 3 is 2.85 bits per heavy atom. The van der Waals surface area contributed by atoms with Gasteiger partial charge in [-0.05, 0) is 24.3 Å². The van der Waals surface area contributed by atoms with Crippen molar-refractivity contribution >= 4 is 33.6 Å². The van der Waals surface area contributed by atoms with Crippen LogP contribution in [0.1, 0.15) is 0 Å². The first-order valence-corrected chi connectivity index (χ1v) is 7.39. The number of carbonyl (C=O) groups is 1. The molecule has 2 rings (SSSR count). The zero-order valence-electron chi connectivity index (χ0n) is 10.3. The molecular weight excluding hydrogens is 342 g/mol. The number of hydrogen-bond donors (Lipinski definition) is 1. The van der Waals surface area contributed by atoms with Crippen LogP contribution in [-0.2, 0) is 4.79 Å². The summed E-state index contributed by atoms with van der Waals surface area (Å²) in [7, 11) is 0. The van der Waals surface area contributed by atoms with Gasteiger partial charge in [-0.2, -0.15) is 0 Å². The van der Waals surface area contributed by atoms with Crippen molar-refractivity contribution in [3.05, 3.63) is 28.7 Å². The van der Waals surface area contributed by atoms with Crippen LogP contribution < -0.4 is 5.32 Å². The van der Waals surface area contributed by atoms with Crippen LogP contribution in [0, 0.1) is 12.3 Å². The molecule has 0 atom stereocenters. The van der Waals surface area contributed by atoms with Gasteiger partial charge in [0.1, 0.15) is 0 Å². The van der Waals surface area contributed by atoms with Crippen LogP contribution in [0.2, 0.25) is 0 Å². The lowest BCUT2D eigenvalue weighted by Gasteiger charge is -1.98. The lowest BCUT2D eigenvalue weighted by atomic mass is 10.2. The summed E-state index contributed by atoms with van der Waals surface area (Å²) in [5.41, 5.74) is 0.823. The highest BCUT2D eigenvalue weighted by Gasteiger charge is 2.10. The zero-order chi connectivity index (χ0) is 14.4. The molecule has 0 aliphatic rings. The third-order valence-electron chi connectivity index (χ3n) is 2.21. The molecule has 1 heterocycles. The summed E-state index contributed by atoms with van der Waals surface area (Å²) in [5, 5.41) is 10.7. The second-order valence-electron chi connectivity index (χ2n) is 3.65. The Labute approximate surface area is 128 Å². The van der Waals surface area contributed by atoms with Gasteiger partial charge in [-0.1, -0.05) is 33.6 Å². The van der Waals surface area contributed by atoms with E-state index in [9.17, 15) is 4.79 Å². The summed E-state index contributed by atoms with van der Waals surface area (Å²) in [6, 6.07) is 7.51. The van der Waals surface area contributed by atoms with Crippen LogP contribution in [0.5, 0.6) is 0 Å². The predicted octanol–water partition coefficient (Wildman–Crippen LogP) is 2.34. The number of nitrogens with zero attached hydrogens (tertiary/aromatic N) is 2. The van der Waals surface area contributed by atoms with Gasteiger partial charge in [-0.3, -0.25) is 4.79 Å². The molecule has 20 heavy (non-hydrogen) atoms. The number of thioether (sulfide) groups is 1. The molecule has 0 fully saturated rings. The van der Waals surface area contributed by atoms with Crippen molar-refractivity contribution < 1.29 is 9.21 Å². The molecule has 102 valence electrons. The zero-order valence-corrected chi connectivity index (χ0v) is 12.7. The molecule has 5 nitrogen and oxygen atoms in total. The lowest BCUT2D eigenvalue weighted by molar-refractivity contribution is -0.118. The quantitative estimate of drug-likeness (QED) is 0.661. The van der Waals surface area contributed by atoms with E-state index in [1.807, 2.05) is 24.3 Å². The SMILES string of the molecule is C#CCNC(=O)CSc1nnc(-c2ccc(Br)cc2)o1. The molecule has 1 N–H and O–H groups in total. The molecule has 0 bridgehead atoms. The van der Waals surface area contributed by atoms with Crippen molar-refractivity contribution in [3.8, 4) is 23.8 Å². The third-order valence-corrected chi connectivity index (χ3v) is 3.56. The standard InChI is InChI=1S/C13H10BrN3O2S/c1-2-7-15-11(18)8-20-13-17-16-12(19-13)9-3-5-10(14)6-4-9/h1,3-6H,7-8H2,(H,15,18). The van der Waals surface area contributed by atoms with Crippen LogP contribution in [0.15, 0.2) is 38.4 Å². The Kier molecular flexibility index (Phi) is 5.21. The summed E-state index contributed by atoms with van der Waals surface area (Å²) < 4.78 is 6.44. The molecule has 1 aromatic heterocycles. The van der Waals surface area contributed by atoms with E-state index in [2.05, 4.69) is 37.4 Å². The third kappa shape index (κ3) is 4.11. The fraction of sp³-hybridized carbons (Fsp3) is 0.154. The van der Waals surface area contributed by atoms with E-state index in [-0.39, 0.29) is 18.2 Å². The molecule has 1 aromatic carbocycles.